The third-order valence-electron chi connectivity index (χ3n) is 4.09. The van der Waals surface area contributed by atoms with Crippen LogP contribution in [0.1, 0.15) is 42.0 Å². The number of rotatable bonds is 6. The number of thiophene rings is 2. The maximum atomic E-state index is 6.09. The molecule has 1 saturated carbocycles. The van der Waals surface area contributed by atoms with Crippen LogP contribution in [-0.4, -0.2) is 6.54 Å². The summed E-state index contributed by atoms with van der Waals surface area (Å²) < 4.78 is 0.870. The van der Waals surface area contributed by atoms with Crippen LogP contribution in [0.5, 0.6) is 0 Å². The van der Waals surface area contributed by atoms with E-state index >= 15 is 0 Å². The predicted molar refractivity (Wildman–Crippen MR) is 85.5 cm³/mol. The lowest BCUT2D eigenvalue weighted by atomic mass is 10.0. The molecule has 19 heavy (non-hydrogen) atoms. The van der Waals surface area contributed by atoms with E-state index in [1.54, 1.807) is 11.3 Å². The third-order valence-corrected chi connectivity index (χ3v) is 6.33. The summed E-state index contributed by atoms with van der Waals surface area (Å²) in [5.74, 6) is 0. The van der Waals surface area contributed by atoms with Crippen molar-refractivity contribution in [3.05, 3.63) is 43.7 Å². The number of hydrogen-bond acceptors (Lipinski definition) is 3. The Bertz CT molecular complexity index is 528. The van der Waals surface area contributed by atoms with E-state index in [4.69, 9.17) is 11.6 Å². The lowest BCUT2D eigenvalue weighted by molar-refractivity contribution is 0.427. The molecule has 2 aromatic rings. The Kier molecular flexibility index (Phi) is 3.99. The molecule has 0 radical (unpaired) electrons. The zero-order valence-electron chi connectivity index (χ0n) is 11.0. The first-order valence-corrected chi connectivity index (χ1v) is 8.82. The Balaban J connectivity index is 1.77. The van der Waals surface area contributed by atoms with Crippen molar-refractivity contribution in [2.45, 2.75) is 32.2 Å². The summed E-state index contributed by atoms with van der Waals surface area (Å²) in [5, 5.41) is 5.91. The fraction of sp³-hybridized carbons (Fsp3) is 0.467. The van der Waals surface area contributed by atoms with Gasteiger partial charge in [-0.25, -0.2) is 0 Å². The van der Waals surface area contributed by atoms with Crippen LogP contribution in [0.25, 0.3) is 0 Å². The normalized spacial score (nSPS) is 18.4. The van der Waals surface area contributed by atoms with Crippen molar-refractivity contribution < 1.29 is 0 Å². The van der Waals surface area contributed by atoms with Crippen LogP contribution < -0.4 is 5.32 Å². The van der Waals surface area contributed by atoms with Crippen molar-refractivity contribution in [2.24, 2.45) is 5.41 Å². The van der Waals surface area contributed by atoms with E-state index in [0.29, 0.717) is 11.5 Å². The maximum Gasteiger partial charge on any atom is 0.0931 e. The van der Waals surface area contributed by atoms with E-state index in [9.17, 15) is 0 Å². The second kappa shape index (κ2) is 5.57. The average molecular weight is 312 g/mol. The molecule has 0 saturated heterocycles. The van der Waals surface area contributed by atoms with Gasteiger partial charge in [0.05, 0.1) is 10.4 Å². The molecule has 0 amide bonds. The number of halogens is 1. The van der Waals surface area contributed by atoms with Crippen molar-refractivity contribution in [3.63, 3.8) is 0 Å². The highest BCUT2D eigenvalue weighted by atomic mass is 35.5. The summed E-state index contributed by atoms with van der Waals surface area (Å²) in [6, 6.07) is 8.78. The van der Waals surface area contributed by atoms with Crippen LogP contribution in [0.4, 0.5) is 0 Å². The van der Waals surface area contributed by atoms with Gasteiger partial charge < -0.3 is 5.32 Å². The summed E-state index contributed by atoms with van der Waals surface area (Å²) >= 11 is 9.59. The molecule has 0 bridgehead atoms. The summed E-state index contributed by atoms with van der Waals surface area (Å²) in [6.45, 7) is 3.42. The van der Waals surface area contributed by atoms with Gasteiger partial charge in [0.2, 0.25) is 0 Å². The van der Waals surface area contributed by atoms with E-state index in [-0.39, 0.29) is 0 Å². The predicted octanol–water partition coefficient (Wildman–Crippen LogP) is 5.33. The zero-order chi connectivity index (χ0) is 13.3. The molecule has 1 N–H and O–H groups in total. The van der Waals surface area contributed by atoms with Gasteiger partial charge in [-0.1, -0.05) is 24.6 Å². The highest BCUT2D eigenvalue weighted by Crippen LogP contribution is 2.48. The molecule has 0 aliphatic heterocycles. The van der Waals surface area contributed by atoms with Crippen LogP contribution in [0.3, 0.4) is 0 Å². The molecule has 1 unspecified atom stereocenters. The molecule has 3 rings (SSSR count). The second-order valence-electron chi connectivity index (χ2n) is 5.32. The standard InChI is InChI=1S/C15H18ClNS2/c1-2-15(7-8-15)10-17-14(11-4-3-9-18-11)12-5-6-13(16)19-12/h3-6,9,14,17H,2,7-8,10H2,1H3. The molecule has 1 aliphatic rings. The van der Waals surface area contributed by atoms with Crippen molar-refractivity contribution in [2.75, 3.05) is 6.54 Å². The molecule has 1 atom stereocenters. The van der Waals surface area contributed by atoms with Gasteiger partial charge in [-0.05, 0) is 48.3 Å². The minimum atomic E-state index is 0.307. The SMILES string of the molecule is CCC1(CNC(c2cccs2)c2ccc(Cl)s2)CC1. The highest BCUT2D eigenvalue weighted by molar-refractivity contribution is 7.16. The van der Waals surface area contributed by atoms with Gasteiger partial charge in [-0.3, -0.25) is 0 Å². The molecule has 1 fully saturated rings. The highest BCUT2D eigenvalue weighted by Gasteiger charge is 2.40. The summed E-state index contributed by atoms with van der Waals surface area (Å²) in [5.41, 5.74) is 0.566. The second-order valence-corrected chi connectivity index (χ2v) is 8.05. The fourth-order valence-corrected chi connectivity index (χ4v) is 4.48. The first-order valence-electron chi connectivity index (χ1n) is 6.74. The van der Waals surface area contributed by atoms with Gasteiger partial charge in [0.1, 0.15) is 0 Å². The Labute approximate surface area is 127 Å². The van der Waals surface area contributed by atoms with Gasteiger partial charge in [-0.2, -0.15) is 0 Å². The molecule has 4 heteroatoms. The van der Waals surface area contributed by atoms with Crippen LogP contribution in [-0.2, 0) is 0 Å². The molecule has 1 nitrogen and oxygen atoms in total. The van der Waals surface area contributed by atoms with E-state index in [1.165, 1.54) is 29.0 Å². The third kappa shape index (κ3) is 3.05. The summed E-state index contributed by atoms with van der Waals surface area (Å²) in [4.78, 5) is 2.70. The molecule has 0 spiro atoms. The van der Waals surface area contributed by atoms with Gasteiger partial charge >= 0.3 is 0 Å². The molecular weight excluding hydrogens is 294 g/mol. The lowest BCUT2D eigenvalue weighted by Crippen LogP contribution is -2.27. The minimum absolute atomic E-state index is 0.307. The van der Waals surface area contributed by atoms with E-state index in [2.05, 4.69) is 35.8 Å². The van der Waals surface area contributed by atoms with Crippen LogP contribution >= 0.6 is 34.3 Å². The molecule has 2 heterocycles. The Morgan fingerprint density at radius 3 is 2.68 bits per heavy atom. The van der Waals surface area contributed by atoms with Gasteiger partial charge in [-0.15, -0.1) is 22.7 Å². The topological polar surface area (TPSA) is 12.0 Å². The van der Waals surface area contributed by atoms with Crippen molar-refractivity contribution in [1.82, 2.24) is 5.32 Å². The molecule has 2 aromatic heterocycles. The Hall–Kier alpha value is -0.350. The first-order chi connectivity index (χ1) is 9.22. The van der Waals surface area contributed by atoms with Gasteiger partial charge in [0.25, 0.3) is 0 Å². The Morgan fingerprint density at radius 1 is 1.32 bits per heavy atom. The quantitative estimate of drug-likeness (QED) is 0.760. The van der Waals surface area contributed by atoms with Crippen LogP contribution in [0, 0.1) is 5.41 Å². The zero-order valence-corrected chi connectivity index (χ0v) is 13.4. The van der Waals surface area contributed by atoms with Crippen LogP contribution in [0.2, 0.25) is 4.34 Å². The molecule has 0 aromatic carbocycles. The maximum absolute atomic E-state index is 6.09. The Morgan fingerprint density at radius 2 is 2.16 bits per heavy atom. The van der Waals surface area contributed by atoms with Crippen molar-refractivity contribution >= 4 is 34.3 Å². The van der Waals surface area contributed by atoms with Crippen molar-refractivity contribution in [1.29, 1.82) is 0 Å². The molecular formula is C15H18ClNS2. The van der Waals surface area contributed by atoms with Gasteiger partial charge in [0, 0.05) is 16.3 Å². The van der Waals surface area contributed by atoms with E-state index in [0.717, 1.165) is 10.9 Å². The fourth-order valence-electron chi connectivity index (χ4n) is 2.43. The monoisotopic (exact) mass is 311 g/mol. The summed E-state index contributed by atoms with van der Waals surface area (Å²) in [7, 11) is 0. The van der Waals surface area contributed by atoms with Gasteiger partial charge in [0.15, 0.2) is 0 Å². The first kappa shape index (κ1) is 13.6. The molecule has 102 valence electrons. The largest absolute Gasteiger partial charge is 0.304 e. The van der Waals surface area contributed by atoms with E-state index in [1.807, 2.05) is 17.4 Å². The molecule has 1 aliphatic carbocycles. The number of nitrogens with one attached hydrogen (secondary N) is 1. The smallest absolute Gasteiger partial charge is 0.0931 e. The summed E-state index contributed by atoms with van der Waals surface area (Å²) in [6.07, 6.45) is 4.03. The number of hydrogen-bond donors (Lipinski definition) is 1. The van der Waals surface area contributed by atoms with Crippen LogP contribution in [0.15, 0.2) is 29.6 Å². The lowest BCUT2D eigenvalue weighted by Gasteiger charge is -2.20. The minimum Gasteiger partial charge on any atom is -0.304 e. The van der Waals surface area contributed by atoms with E-state index < -0.39 is 0 Å². The van der Waals surface area contributed by atoms with Crippen molar-refractivity contribution in [3.8, 4) is 0 Å². The average Bonchev–Trinajstić information content (AvgIpc) is 2.80.